The molecule has 1 saturated carbocycles. The molecular formula is C20H27ClN2O3. The number of piperidine rings is 1. The molecular weight excluding hydrogens is 352 g/mol. The monoisotopic (exact) mass is 378 g/mol. The van der Waals surface area contributed by atoms with Crippen LogP contribution in [0, 0.1) is 18.8 Å². The highest BCUT2D eigenvalue weighted by Gasteiger charge is 2.61. The molecule has 3 rings (SSSR count). The summed E-state index contributed by atoms with van der Waals surface area (Å²) in [7, 11) is 1.33. The molecule has 142 valence electrons. The summed E-state index contributed by atoms with van der Waals surface area (Å²) in [5.41, 5.74) is 2.39. The second-order valence-corrected chi connectivity index (χ2v) is 8.01. The highest BCUT2D eigenvalue weighted by Crippen LogP contribution is 2.59. The molecule has 0 bridgehead atoms. The smallest absolute Gasteiger partial charge is 0.406 e. The Hall–Kier alpha value is -1.75. The molecule has 1 N–H and O–H groups in total. The van der Waals surface area contributed by atoms with E-state index in [2.05, 4.69) is 35.2 Å². The topological polar surface area (TPSA) is 58.6 Å². The van der Waals surface area contributed by atoms with E-state index in [9.17, 15) is 9.59 Å². The van der Waals surface area contributed by atoms with Crippen molar-refractivity contribution in [3.05, 3.63) is 34.3 Å². The lowest BCUT2D eigenvalue weighted by Crippen LogP contribution is -2.42. The van der Waals surface area contributed by atoms with Gasteiger partial charge in [-0.1, -0.05) is 37.1 Å². The molecule has 1 aromatic carbocycles. The summed E-state index contributed by atoms with van der Waals surface area (Å²) in [6, 6.07) is 6.27. The average molecular weight is 379 g/mol. The predicted molar refractivity (Wildman–Crippen MR) is 101 cm³/mol. The van der Waals surface area contributed by atoms with E-state index in [1.165, 1.54) is 12.7 Å². The van der Waals surface area contributed by atoms with E-state index >= 15 is 0 Å². The largest absolute Gasteiger partial charge is 0.453 e. The average Bonchev–Trinajstić information content (AvgIpc) is 3.21. The van der Waals surface area contributed by atoms with Gasteiger partial charge in [-0.2, -0.15) is 0 Å². The number of fused-ring (bicyclic) bond motifs is 1. The summed E-state index contributed by atoms with van der Waals surface area (Å²) in [4.78, 5) is 26.3. The van der Waals surface area contributed by atoms with Crippen LogP contribution in [0.4, 0.5) is 4.79 Å². The number of ether oxygens (including phenoxy) is 1. The third kappa shape index (κ3) is 3.54. The Morgan fingerprint density at radius 1 is 1.46 bits per heavy atom. The standard InChI is InChI=1S/C20H27ClN2O3/c1-4-5-14(10-22-19(25)26-3)18(24)23-11-16-9-20(16,12-23)15-7-6-13(2)17(21)8-15/h6-8,14,16H,4-5,9-12H2,1-3H3,(H,22,25)/t14-,16?,20?/m1/s1. The normalized spacial score (nSPS) is 24.8. The van der Waals surface area contributed by atoms with Gasteiger partial charge in [0.15, 0.2) is 0 Å². The maximum absolute atomic E-state index is 13.0. The number of amides is 2. The molecule has 2 fully saturated rings. The van der Waals surface area contributed by atoms with Gasteiger partial charge in [0, 0.05) is 30.1 Å². The van der Waals surface area contributed by atoms with Crippen molar-refractivity contribution in [2.45, 2.75) is 38.5 Å². The zero-order valence-electron chi connectivity index (χ0n) is 15.7. The van der Waals surface area contributed by atoms with Crippen LogP contribution in [0.2, 0.25) is 5.02 Å². The number of hydrogen-bond donors (Lipinski definition) is 1. The molecule has 1 saturated heterocycles. The Kier molecular flexibility index (Phi) is 5.47. The molecule has 0 radical (unpaired) electrons. The zero-order chi connectivity index (χ0) is 18.9. The lowest BCUT2D eigenvalue weighted by molar-refractivity contribution is -0.135. The van der Waals surface area contributed by atoms with E-state index in [0.717, 1.165) is 42.9 Å². The summed E-state index contributed by atoms with van der Waals surface area (Å²) < 4.78 is 4.62. The van der Waals surface area contributed by atoms with Crippen LogP contribution in [0.5, 0.6) is 0 Å². The van der Waals surface area contributed by atoms with E-state index in [1.807, 2.05) is 11.8 Å². The minimum Gasteiger partial charge on any atom is -0.453 e. The second-order valence-electron chi connectivity index (χ2n) is 7.60. The first-order valence-corrected chi connectivity index (χ1v) is 9.66. The summed E-state index contributed by atoms with van der Waals surface area (Å²) in [5.74, 6) is 0.448. The first kappa shape index (κ1) is 19.0. The van der Waals surface area contributed by atoms with Crippen molar-refractivity contribution in [2.24, 2.45) is 11.8 Å². The van der Waals surface area contributed by atoms with E-state index in [1.54, 1.807) is 0 Å². The van der Waals surface area contributed by atoms with Gasteiger partial charge in [0.25, 0.3) is 0 Å². The Balaban J connectivity index is 1.68. The van der Waals surface area contributed by atoms with Crippen LogP contribution in [-0.4, -0.2) is 43.6 Å². The number of nitrogens with one attached hydrogen (secondary N) is 1. The van der Waals surface area contributed by atoms with Gasteiger partial charge in [0.1, 0.15) is 0 Å². The molecule has 2 aliphatic rings. The molecule has 2 amide bonds. The van der Waals surface area contributed by atoms with E-state index in [-0.39, 0.29) is 17.2 Å². The van der Waals surface area contributed by atoms with Crippen molar-refractivity contribution in [3.63, 3.8) is 0 Å². The van der Waals surface area contributed by atoms with Crippen molar-refractivity contribution >= 4 is 23.6 Å². The van der Waals surface area contributed by atoms with Crippen LogP contribution in [0.25, 0.3) is 0 Å². The fourth-order valence-corrected chi connectivity index (χ4v) is 4.38. The number of benzene rings is 1. The minimum absolute atomic E-state index is 0.0690. The molecule has 1 aliphatic carbocycles. The predicted octanol–water partition coefficient (Wildman–Crippen LogP) is 3.52. The molecule has 2 unspecified atom stereocenters. The molecule has 6 heteroatoms. The van der Waals surface area contributed by atoms with Gasteiger partial charge in [-0.25, -0.2) is 4.79 Å². The third-order valence-corrected chi connectivity index (χ3v) is 6.28. The lowest BCUT2D eigenvalue weighted by Gasteiger charge is -2.26. The van der Waals surface area contributed by atoms with Crippen molar-refractivity contribution < 1.29 is 14.3 Å². The van der Waals surface area contributed by atoms with Gasteiger partial charge >= 0.3 is 6.09 Å². The number of methoxy groups -OCH3 is 1. The SMILES string of the molecule is CCC[C@H](CNC(=O)OC)C(=O)N1CC2CC2(c2ccc(C)c(Cl)c2)C1. The van der Waals surface area contributed by atoms with Crippen molar-refractivity contribution in [3.8, 4) is 0 Å². The minimum atomic E-state index is -0.492. The summed E-state index contributed by atoms with van der Waals surface area (Å²) in [6.45, 7) is 5.92. The van der Waals surface area contributed by atoms with Crippen LogP contribution < -0.4 is 5.32 Å². The van der Waals surface area contributed by atoms with Crippen LogP contribution in [-0.2, 0) is 14.9 Å². The van der Waals surface area contributed by atoms with Crippen molar-refractivity contribution in [1.29, 1.82) is 0 Å². The van der Waals surface area contributed by atoms with Crippen molar-refractivity contribution in [1.82, 2.24) is 10.2 Å². The van der Waals surface area contributed by atoms with Gasteiger partial charge in [-0.05, 0) is 42.9 Å². The maximum Gasteiger partial charge on any atom is 0.406 e. The first-order valence-electron chi connectivity index (χ1n) is 9.28. The molecule has 0 spiro atoms. The van der Waals surface area contributed by atoms with Crippen LogP contribution >= 0.6 is 11.6 Å². The van der Waals surface area contributed by atoms with E-state index in [4.69, 9.17) is 11.6 Å². The maximum atomic E-state index is 13.0. The fourth-order valence-electron chi connectivity index (χ4n) is 4.20. The Bertz CT molecular complexity index is 708. The number of halogens is 1. The fraction of sp³-hybridized carbons (Fsp3) is 0.600. The number of carbonyl (C=O) groups is 2. The molecule has 1 aromatic rings. The Morgan fingerprint density at radius 3 is 2.88 bits per heavy atom. The second kappa shape index (κ2) is 7.47. The summed E-state index contributed by atoms with van der Waals surface area (Å²) in [5, 5.41) is 3.46. The van der Waals surface area contributed by atoms with Gasteiger partial charge in [0.05, 0.1) is 13.0 Å². The Morgan fingerprint density at radius 2 is 2.23 bits per heavy atom. The number of likely N-dealkylation sites (tertiary alicyclic amines) is 1. The molecule has 1 heterocycles. The molecule has 1 aliphatic heterocycles. The molecule has 26 heavy (non-hydrogen) atoms. The number of rotatable bonds is 6. The lowest BCUT2D eigenvalue weighted by atomic mass is 9.94. The van der Waals surface area contributed by atoms with Crippen LogP contribution in [0.1, 0.15) is 37.3 Å². The summed E-state index contributed by atoms with van der Waals surface area (Å²) in [6.07, 6.45) is 2.28. The van der Waals surface area contributed by atoms with Crippen molar-refractivity contribution in [2.75, 3.05) is 26.7 Å². The first-order chi connectivity index (χ1) is 12.4. The van der Waals surface area contributed by atoms with E-state index < -0.39 is 6.09 Å². The van der Waals surface area contributed by atoms with Gasteiger partial charge < -0.3 is 15.0 Å². The number of hydrogen-bond acceptors (Lipinski definition) is 3. The quantitative estimate of drug-likeness (QED) is 0.823. The number of alkyl carbamates (subject to hydrolysis) is 1. The van der Waals surface area contributed by atoms with Crippen LogP contribution in [0.3, 0.4) is 0 Å². The van der Waals surface area contributed by atoms with Crippen LogP contribution in [0.15, 0.2) is 18.2 Å². The Labute approximate surface area is 160 Å². The molecule has 5 nitrogen and oxygen atoms in total. The van der Waals surface area contributed by atoms with E-state index in [0.29, 0.717) is 12.5 Å². The molecule has 0 aromatic heterocycles. The van der Waals surface area contributed by atoms with Gasteiger partial charge in [-0.15, -0.1) is 0 Å². The highest BCUT2D eigenvalue weighted by atomic mass is 35.5. The summed E-state index contributed by atoms with van der Waals surface area (Å²) >= 11 is 6.32. The number of nitrogens with zero attached hydrogens (tertiary/aromatic N) is 1. The third-order valence-electron chi connectivity index (χ3n) is 5.87. The van der Waals surface area contributed by atoms with Gasteiger partial charge in [-0.3, -0.25) is 4.79 Å². The highest BCUT2D eigenvalue weighted by molar-refractivity contribution is 6.31. The molecule has 3 atom stereocenters. The zero-order valence-corrected chi connectivity index (χ0v) is 16.4. The number of aryl methyl sites for hydroxylation is 1. The van der Waals surface area contributed by atoms with Gasteiger partial charge in [0.2, 0.25) is 5.91 Å². The number of carbonyl (C=O) groups excluding carboxylic acids is 2.